The maximum absolute atomic E-state index is 10.8. The standard InChI is InChI=1S/C11H14N2O2/c14-11(15)8-4-10-12-9(6-13(10)5-8)7-2-1-3-7/h6-8H,1-5H2,(H,14,15). The van der Waals surface area contributed by atoms with Gasteiger partial charge in [-0.25, -0.2) is 4.98 Å². The van der Waals surface area contributed by atoms with E-state index in [9.17, 15) is 4.79 Å². The molecule has 0 bridgehead atoms. The molecule has 1 aliphatic carbocycles. The van der Waals surface area contributed by atoms with Crippen LogP contribution in [0, 0.1) is 5.92 Å². The van der Waals surface area contributed by atoms with Gasteiger partial charge < -0.3 is 9.67 Å². The first kappa shape index (κ1) is 8.95. The first-order valence-electron chi connectivity index (χ1n) is 5.53. The lowest BCUT2D eigenvalue weighted by atomic mass is 9.83. The summed E-state index contributed by atoms with van der Waals surface area (Å²) in [7, 11) is 0. The Kier molecular flexibility index (Phi) is 1.84. The molecule has 0 amide bonds. The summed E-state index contributed by atoms with van der Waals surface area (Å²) in [5, 5.41) is 8.90. The van der Waals surface area contributed by atoms with Gasteiger partial charge in [0.25, 0.3) is 0 Å². The van der Waals surface area contributed by atoms with Gasteiger partial charge in [-0.15, -0.1) is 0 Å². The Morgan fingerprint density at radius 2 is 2.33 bits per heavy atom. The van der Waals surface area contributed by atoms with Crippen LogP contribution in [0.25, 0.3) is 0 Å². The zero-order chi connectivity index (χ0) is 10.4. The Balaban J connectivity index is 1.80. The molecule has 1 unspecified atom stereocenters. The predicted octanol–water partition coefficient (Wildman–Crippen LogP) is 1.41. The van der Waals surface area contributed by atoms with Crippen LogP contribution in [0.4, 0.5) is 0 Å². The number of aromatic nitrogens is 2. The number of nitrogens with zero attached hydrogens (tertiary/aromatic N) is 2. The Bertz CT molecular complexity index is 383. The molecule has 0 saturated heterocycles. The highest BCUT2D eigenvalue weighted by Gasteiger charge is 2.31. The van der Waals surface area contributed by atoms with Crippen molar-refractivity contribution in [3.63, 3.8) is 0 Å². The topological polar surface area (TPSA) is 55.1 Å². The highest BCUT2D eigenvalue weighted by atomic mass is 16.4. The number of hydrogen-bond acceptors (Lipinski definition) is 2. The number of hydrogen-bond donors (Lipinski definition) is 1. The van der Waals surface area contributed by atoms with Crippen LogP contribution < -0.4 is 0 Å². The average Bonchev–Trinajstić information content (AvgIpc) is 2.56. The molecule has 1 aromatic rings. The molecule has 1 aliphatic heterocycles. The normalized spacial score (nSPS) is 24.9. The summed E-state index contributed by atoms with van der Waals surface area (Å²) in [6.07, 6.45) is 6.46. The number of carboxylic acid groups (broad SMARTS) is 1. The molecule has 4 heteroatoms. The fourth-order valence-electron chi connectivity index (χ4n) is 2.39. The molecule has 1 atom stereocenters. The number of carboxylic acids is 1. The van der Waals surface area contributed by atoms with Crippen LogP contribution in [0.1, 0.15) is 36.7 Å². The van der Waals surface area contributed by atoms with Gasteiger partial charge >= 0.3 is 5.97 Å². The van der Waals surface area contributed by atoms with Crippen LogP contribution in [0.2, 0.25) is 0 Å². The summed E-state index contributed by atoms with van der Waals surface area (Å²) >= 11 is 0. The van der Waals surface area contributed by atoms with Crippen molar-refractivity contribution >= 4 is 5.97 Å². The molecule has 15 heavy (non-hydrogen) atoms. The van der Waals surface area contributed by atoms with Crippen LogP contribution in [0.5, 0.6) is 0 Å². The van der Waals surface area contributed by atoms with Crippen molar-refractivity contribution in [3.8, 4) is 0 Å². The number of rotatable bonds is 2. The largest absolute Gasteiger partial charge is 0.481 e. The van der Waals surface area contributed by atoms with E-state index in [1.54, 1.807) is 0 Å². The summed E-state index contributed by atoms with van der Waals surface area (Å²) in [6.45, 7) is 0.602. The Morgan fingerprint density at radius 3 is 2.87 bits per heavy atom. The van der Waals surface area contributed by atoms with Gasteiger partial charge in [0, 0.05) is 25.1 Å². The molecule has 4 nitrogen and oxygen atoms in total. The number of imidazole rings is 1. The number of fused-ring (bicyclic) bond motifs is 1. The lowest BCUT2D eigenvalue weighted by Gasteiger charge is -2.23. The molecule has 0 aromatic carbocycles. The minimum absolute atomic E-state index is 0.261. The molecule has 1 saturated carbocycles. The third-order valence-corrected chi connectivity index (χ3v) is 3.60. The Morgan fingerprint density at radius 1 is 1.53 bits per heavy atom. The fraction of sp³-hybridized carbons (Fsp3) is 0.636. The van der Waals surface area contributed by atoms with Gasteiger partial charge in [0.05, 0.1) is 11.6 Å². The summed E-state index contributed by atoms with van der Waals surface area (Å²) in [4.78, 5) is 15.4. The van der Waals surface area contributed by atoms with Crippen molar-refractivity contribution in [2.24, 2.45) is 5.92 Å². The van der Waals surface area contributed by atoms with Gasteiger partial charge in [-0.2, -0.15) is 0 Å². The van der Waals surface area contributed by atoms with Crippen LogP contribution in [-0.4, -0.2) is 20.6 Å². The lowest BCUT2D eigenvalue weighted by Crippen LogP contribution is -2.15. The zero-order valence-electron chi connectivity index (χ0n) is 8.52. The molecule has 1 aromatic heterocycles. The Labute approximate surface area is 87.9 Å². The second kappa shape index (κ2) is 3.08. The van der Waals surface area contributed by atoms with E-state index in [1.807, 2.05) is 4.57 Å². The van der Waals surface area contributed by atoms with Crippen molar-refractivity contribution in [1.82, 2.24) is 9.55 Å². The zero-order valence-corrected chi connectivity index (χ0v) is 8.52. The van der Waals surface area contributed by atoms with E-state index in [-0.39, 0.29) is 5.92 Å². The van der Waals surface area contributed by atoms with Crippen molar-refractivity contribution in [1.29, 1.82) is 0 Å². The minimum atomic E-state index is -0.703. The quantitative estimate of drug-likeness (QED) is 0.795. The Hall–Kier alpha value is -1.32. The van der Waals surface area contributed by atoms with Gasteiger partial charge in [-0.3, -0.25) is 4.79 Å². The lowest BCUT2D eigenvalue weighted by molar-refractivity contribution is -0.141. The van der Waals surface area contributed by atoms with Gasteiger partial charge in [0.1, 0.15) is 5.82 Å². The first-order valence-corrected chi connectivity index (χ1v) is 5.53. The van der Waals surface area contributed by atoms with Crippen molar-refractivity contribution < 1.29 is 9.90 Å². The molecule has 3 rings (SSSR count). The van der Waals surface area contributed by atoms with E-state index in [4.69, 9.17) is 5.11 Å². The molecule has 0 radical (unpaired) electrons. The summed E-state index contributed by atoms with van der Waals surface area (Å²) in [5.74, 6) is 0.643. The number of aliphatic carboxylic acids is 1. The maximum atomic E-state index is 10.8. The van der Waals surface area contributed by atoms with Crippen molar-refractivity contribution in [3.05, 3.63) is 17.7 Å². The van der Waals surface area contributed by atoms with Crippen LogP contribution in [0.15, 0.2) is 6.20 Å². The molecule has 1 fully saturated rings. The average molecular weight is 206 g/mol. The van der Waals surface area contributed by atoms with Crippen LogP contribution in [0.3, 0.4) is 0 Å². The monoisotopic (exact) mass is 206 g/mol. The molecule has 2 heterocycles. The predicted molar refractivity (Wildman–Crippen MR) is 53.6 cm³/mol. The van der Waals surface area contributed by atoms with E-state index in [1.165, 1.54) is 25.0 Å². The summed E-state index contributed by atoms with van der Waals surface area (Å²) in [6, 6.07) is 0. The van der Waals surface area contributed by atoms with E-state index >= 15 is 0 Å². The molecular weight excluding hydrogens is 192 g/mol. The summed E-state index contributed by atoms with van der Waals surface area (Å²) in [5.41, 5.74) is 1.18. The van der Waals surface area contributed by atoms with Crippen molar-refractivity contribution in [2.75, 3.05) is 0 Å². The van der Waals surface area contributed by atoms with E-state index in [0.717, 1.165) is 5.82 Å². The maximum Gasteiger partial charge on any atom is 0.308 e. The minimum Gasteiger partial charge on any atom is -0.481 e. The van der Waals surface area contributed by atoms with E-state index < -0.39 is 5.97 Å². The van der Waals surface area contributed by atoms with Crippen LogP contribution in [-0.2, 0) is 17.8 Å². The molecular formula is C11H14N2O2. The third kappa shape index (κ3) is 1.35. The molecule has 2 aliphatic rings. The number of carbonyl (C=O) groups is 1. The smallest absolute Gasteiger partial charge is 0.308 e. The fourth-order valence-corrected chi connectivity index (χ4v) is 2.39. The van der Waals surface area contributed by atoms with Crippen molar-refractivity contribution in [2.45, 2.75) is 38.1 Å². The second-order valence-electron chi connectivity index (χ2n) is 4.60. The van der Waals surface area contributed by atoms with Gasteiger partial charge in [0.15, 0.2) is 0 Å². The first-order chi connectivity index (χ1) is 7.24. The van der Waals surface area contributed by atoms with E-state index in [0.29, 0.717) is 18.9 Å². The highest BCUT2D eigenvalue weighted by molar-refractivity contribution is 5.70. The third-order valence-electron chi connectivity index (χ3n) is 3.60. The van der Waals surface area contributed by atoms with Gasteiger partial charge in [0.2, 0.25) is 0 Å². The molecule has 80 valence electrons. The second-order valence-corrected chi connectivity index (χ2v) is 4.60. The van der Waals surface area contributed by atoms with Gasteiger partial charge in [-0.05, 0) is 12.8 Å². The molecule has 1 N–H and O–H groups in total. The summed E-state index contributed by atoms with van der Waals surface area (Å²) < 4.78 is 2.02. The van der Waals surface area contributed by atoms with Gasteiger partial charge in [-0.1, -0.05) is 6.42 Å². The SMILES string of the molecule is O=C(O)C1Cc2nc(C3CCC3)cn2C1. The molecule has 0 spiro atoms. The highest BCUT2D eigenvalue weighted by Crippen LogP contribution is 2.36. The van der Waals surface area contributed by atoms with E-state index in [2.05, 4.69) is 11.2 Å². The van der Waals surface area contributed by atoms with Crippen LogP contribution >= 0.6 is 0 Å².